The van der Waals surface area contributed by atoms with Crippen molar-refractivity contribution in [1.82, 2.24) is 9.78 Å². The molecule has 4 heteroatoms. The third-order valence-electron chi connectivity index (χ3n) is 2.32. The highest BCUT2D eigenvalue weighted by Crippen LogP contribution is 2.18. The Balaban J connectivity index is 2.77. The van der Waals surface area contributed by atoms with Crippen LogP contribution in [0.2, 0.25) is 0 Å². The fourth-order valence-electron chi connectivity index (χ4n) is 1.59. The smallest absolute Gasteiger partial charge is 0.248 e. The van der Waals surface area contributed by atoms with E-state index in [9.17, 15) is 4.79 Å². The van der Waals surface area contributed by atoms with E-state index in [2.05, 4.69) is 5.10 Å². The molecular weight excluding hydrogens is 178 g/mol. The molecule has 1 amide bonds. The zero-order chi connectivity index (χ0) is 10.3. The van der Waals surface area contributed by atoms with Crippen LogP contribution in [0.5, 0.6) is 0 Å². The van der Waals surface area contributed by atoms with Crippen molar-refractivity contribution in [3.8, 4) is 0 Å². The van der Waals surface area contributed by atoms with E-state index in [1.54, 1.807) is 16.8 Å². The topological polar surface area (TPSA) is 60.9 Å². The first-order valence-electron chi connectivity index (χ1n) is 4.33. The lowest BCUT2D eigenvalue weighted by atomic mass is 10.1. The Morgan fingerprint density at radius 2 is 2.21 bits per heavy atom. The number of nitrogens with two attached hydrogens (primary N) is 1. The van der Waals surface area contributed by atoms with E-state index < -0.39 is 5.91 Å². The molecule has 0 spiro atoms. The van der Waals surface area contributed by atoms with Gasteiger partial charge in [-0.25, -0.2) is 0 Å². The van der Waals surface area contributed by atoms with Crippen LogP contribution in [-0.4, -0.2) is 15.7 Å². The molecule has 0 radical (unpaired) electrons. The monoisotopic (exact) mass is 189 g/mol. The normalized spacial score (nSPS) is 10.7. The van der Waals surface area contributed by atoms with Crippen molar-refractivity contribution >= 4 is 16.8 Å². The first-order chi connectivity index (χ1) is 6.59. The fraction of sp³-hybridized carbons (Fsp3) is 0.200. The molecule has 14 heavy (non-hydrogen) atoms. The highest BCUT2D eigenvalue weighted by atomic mass is 16.1. The number of primary amides is 1. The van der Waals surface area contributed by atoms with Crippen LogP contribution in [0.1, 0.15) is 16.1 Å². The van der Waals surface area contributed by atoms with Gasteiger partial charge in [0, 0.05) is 18.0 Å². The molecule has 1 aromatic heterocycles. The Labute approximate surface area is 81.3 Å². The molecule has 1 heterocycles. The lowest BCUT2D eigenvalue weighted by Gasteiger charge is -1.96. The molecule has 72 valence electrons. The fourth-order valence-corrected chi connectivity index (χ4v) is 1.59. The first kappa shape index (κ1) is 8.74. The molecule has 0 fully saturated rings. The minimum atomic E-state index is -0.407. The van der Waals surface area contributed by atoms with Gasteiger partial charge in [0.2, 0.25) is 5.91 Å². The second-order valence-corrected chi connectivity index (χ2v) is 3.31. The summed E-state index contributed by atoms with van der Waals surface area (Å²) >= 11 is 0. The van der Waals surface area contributed by atoms with E-state index in [1.165, 1.54) is 0 Å². The van der Waals surface area contributed by atoms with E-state index in [0.29, 0.717) is 5.56 Å². The zero-order valence-corrected chi connectivity index (χ0v) is 8.11. The number of nitrogens with zero attached hydrogens (tertiary/aromatic N) is 2. The molecular formula is C10H11N3O. The van der Waals surface area contributed by atoms with Crippen molar-refractivity contribution in [2.24, 2.45) is 12.8 Å². The number of hydrogen-bond acceptors (Lipinski definition) is 2. The maximum atomic E-state index is 11.0. The highest BCUT2D eigenvalue weighted by Gasteiger charge is 2.07. The van der Waals surface area contributed by atoms with Crippen LogP contribution in [0.3, 0.4) is 0 Å². The average Bonchev–Trinajstić information content (AvgIpc) is 2.42. The molecule has 0 aliphatic rings. The van der Waals surface area contributed by atoms with Crippen LogP contribution in [-0.2, 0) is 7.05 Å². The average molecular weight is 189 g/mol. The SMILES string of the molecule is Cc1nn(C)c2ccc(C(N)=O)cc12. The van der Waals surface area contributed by atoms with Gasteiger partial charge in [-0.3, -0.25) is 9.48 Å². The van der Waals surface area contributed by atoms with Crippen LogP contribution >= 0.6 is 0 Å². The number of carbonyl (C=O) groups is 1. The molecule has 0 saturated heterocycles. The summed E-state index contributed by atoms with van der Waals surface area (Å²) in [6.45, 7) is 1.91. The summed E-state index contributed by atoms with van der Waals surface area (Å²) in [6, 6.07) is 5.35. The number of hydrogen-bond donors (Lipinski definition) is 1. The van der Waals surface area contributed by atoms with Crippen LogP contribution in [0.4, 0.5) is 0 Å². The quantitative estimate of drug-likeness (QED) is 0.726. The van der Waals surface area contributed by atoms with Gasteiger partial charge in [0.1, 0.15) is 0 Å². The van der Waals surface area contributed by atoms with Crippen LogP contribution in [0.15, 0.2) is 18.2 Å². The minimum Gasteiger partial charge on any atom is -0.366 e. The number of fused-ring (bicyclic) bond motifs is 1. The molecule has 0 bridgehead atoms. The standard InChI is InChI=1S/C10H11N3O/c1-6-8-5-7(10(11)14)3-4-9(8)13(2)12-6/h3-5H,1-2H3,(H2,11,14). The molecule has 1 aromatic carbocycles. The van der Waals surface area contributed by atoms with Gasteiger partial charge in [0.05, 0.1) is 11.2 Å². The third-order valence-corrected chi connectivity index (χ3v) is 2.32. The van der Waals surface area contributed by atoms with E-state index >= 15 is 0 Å². The molecule has 4 nitrogen and oxygen atoms in total. The predicted octanol–water partition coefficient (Wildman–Crippen LogP) is 0.981. The molecule has 0 aliphatic heterocycles. The number of aryl methyl sites for hydroxylation is 2. The number of benzene rings is 1. The Hall–Kier alpha value is -1.84. The minimum absolute atomic E-state index is 0.407. The van der Waals surface area contributed by atoms with E-state index in [4.69, 9.17) is 5.73 Å². The van der Waals surface area contributed by atoms with E-state index in [0.717, 1.165) is 16.6 Å². The Morgan fingerprint density at radius 3 is 2.86 bits per heavy atom. The summed E-state index contributed by atoms with van der Waals surface area (Å²) in [5.74, 6) is -0.407. The second-order valence-electron chi connectivity index (χ2n) is 3.31. The molecule has 2 aromatic rings. The molecule has 0 saturated carbocycles. The number of carbonyl (C=O) groups excluding carboxylic acids is 1. The summed E-state index contributed by atoms with van der Waals surface area (Å²) < 4.78 is 1.79. The van der Waals surface area contributed by atoms with Crippen molar-refractivity contribution in [2.45, 2.75) is 6.92 Å². The lowest BCUT2D eigenvalue weighted by Crippen LogP contribution is -2.10. The molecule has 2 N–H and O–H groups in total. The van der Waals surface area contributed by atoms with Gasteiger partial charge in [0.15, 0.2) is 0 Å². The van der Waals surface area contributed by atoms with Crippen molar-refractivity contribution in [3.63, 3.8) is 0 Å². The Morgan fingerprint density at radius 1 is 1.50 bits per heavy atom. The maximum absolute atomic E-state index is 11.0. The van der Waals surface area contributed by atoms with Gasteiger partial charge < -0.3 is 5.73 Å². The van der Waals surface area contributed by atoms with Crippen LogP contribution in [0, 0.1) is 6.92 Å². The number of rotatable bonds is 1. The molecule has 0 aliphatic carbocycles. The van der Waals surface area contributed by atoms with Crippen molar-refractivity contribution < 1.29 is 4.79 Å². The van der Waals surface area contributed by atoms with Gasteiger partial charge >= 0.3 is 0 Å². The summed E-state index contributed by atoms with van der Waals surface area (Å²) in [6.07, 6.45) is 0. The van der Waals surface area contributed by atoms with Crippen LogP contribution in [0.25, 0.3) is 10.9 Å². The largest absolute Gasteiger partial charge is 0.366 e. The van der Waals surface area contributed by atoms with Crippen molar-refractivity contribution in [2.75, 3.05) is 0 Å². The van der Waals surface area contributed by atoms with Gasteiger partial charge in [-0.1, -0.05) is 0 Å². The Kier molecular flexibility index (Phi) is 1.77. The second kappa shape index (κ2) is 2.83. The zero-order valence-electron chi connectivity index (χ0n) is 8.11. The summed E-state index contributed by atoms with van der Waals surface area (Å²) in [4.78, 5) is 11.0. The lowest BCUT2D eigenvalue weighted by molar-refractivity contribution is 0.100. The van der Waals surface area contributed by atoms with Crippen molar-refractivity contribution in [3.05, 3.63) is 29.5 Å². The third kappa shape index (κ3) is 1.16. The maximum Gasteiger partial charge on any atom is 0.248 e. The summed E-state index contributed by atoms with van der Waals surface area (Å²) in [5.41, 5.74) is 7.63. The molecule has 2 rings (SSSR count). The summed E-state index contributed by atoms with van der Waals surface area (Å²) in [5, 5.41) is 5.23. The highest BCUT2D eigenvalue weighted by molar-refractivity contribution is 5.97. The van der Waals surface area contributed by atoms with Gasteiger partial charge in [-0.2, -0.15) is 5.10 Å². The molecule has 0 atom stereocenters. The predicted molar refractivity (Wildman–Crippen MR) is 54.0 cm³/mol. The van der Waals surface area contributed by atoms with Crippen LogP contribution < -0.4 is 5.73 Å². The van der Waals surface area contributed by atoms with Gasteiger partial charge in [0.25, 0.3) is 0 Å². The first-order valence-corrected chi connectivity index (χ1v) is 4.33. The van der Waals surface area contributed by atoms with E-state index in [1.807, 2.05) is 20.0 Å². The van der Waals surface area contributed by atoms with E-state index in [-0.39, 0.29) is 0 Å². The molecule has 0 unspecified atom stereocenters. The summed E-state index contributed by atoms with van der Waals surface area (Å²) in [7, 11) is 1.87. The van der Waals surface area contributed by atoms with Gasteiger partial charge in [-0.05, 0) is 25.1 Å². The Bertz CT molecular complexity index is 513. The van der Waals surface area contributed by atoms with Crippen molar-refractivity contribution in [1.29, 1.82) is 0 Å². The number of aromatic nitrogens is 2. The number of amides is 1. The van der Waals surface area contributed by atoms with Gasteiger partial charge in [-0.15, -0.1) is 0 Å².